The molecule has 1 aromatic rings. The largest absolute Gasteiger partial charge is 0.354 e. The van der Waals surface area contributed by atoms with Gasteiger partial charge in [-0.1, -0.05) is 19.9 Å². The van der Waals surface area contributed by atoms with E-state index in [0.29, 0.717) is 13.1 Å². The lowest BCUT2D eigenvalue weighted by molar-refractivity contribution is -0.120. The van der Waals surface area contributed by atoms with Crippen LogP contribution in [0.25, 0.3) is 0 Å². The van der Waals surface area contributed by atoms with Crippen LogP contribution in [0.4, 0.5) is 0 Å². The predicted octanol–water partition coefficient (Wildman–Crippen LogP) is 2.14. The van der Waals surface area contributed by atoms with Crippen molar-refractivity contribution in [3.63, 3.8) is 0 Å². The highest BCUT2D eigenvalue weighted by molar-refractivity contribution is 7.10. The Hall–Kier alpha value is -0.870. The molecule has 1 saturated carbocycles. The minimum atomic E-state index is 0.0142. The molecule has 2 N–H and O–H groups in total. The fraction of sp³-hybridized carbons (Fsp3) is 0.643. The van der Waals surface area contributed by atoms with Crippen molar-refractivity contribution < 1.29 is 4.79 Å². The number of nitrogens with one attached hydrogen (secondary N) is 2. The van der Waals surface area contributed by atoms with Crippen molar-refractivity contribution in [1.82, 2.24) is 10.6 Å². The highest BCUT2D eigenvalue weighted by atomic mass is 32.1. The van der Waals surface area contributed by atoms with Gasteiger partial charge in [-0.2, -0.15) is 0 Å². The van der Waals surface area contributed by atoms with Crippen molar-refractivity contribution in [3.8, 4) is 0 Å². The second-order valence-corrected chi connectivity index (χ2v) is 6.66. The van der Waals surface area contributed by atoms with Gasteiger partial charge in [0.2, 0.25) is 5.91 Å². The molecular weight excluding hydrogens is 244 g/mol. The second-order valence-electron chi connectivity index (χ2n) is 5.71. The van der Waals surface area contributed by atoms with Gasteiger partial charge in [-0.15, -0.1) is 11.3 Å². The molecule has 1 aliphatic rings. The van der Waals surface area contributed by atoms with Crippen LogP contribution < -0.4 is 10.6 Å². The lowest BCUT2D eigenvalue weighted by Crippen LogP contribution is -2.40. The zero-order chi connectivity index (χ0) is 13.0. The van der Waals surface area contributed by atoms with Crippen molar-refractivity contribution in [1.29, 1.82) is 0 Å². The van der Waals surface area contributed by atoms with Crippen LogP contribution in [-0.2, 0) is 10.2 Å². The lowest BCUT2D eigenvalue weighted by Gasteiger charge is -2.23. The Morgan fingerprint density at radius 3 is 2.89 bits per heavy atom. The van der Waals surface area contributed by atoms with Crippen molar-refractivity contribution >= 4 is 17.2 Å². The smallest absolute Gasteiger partial charge is 0.233 e. The highest BCUT2D eigenvalue weighted by Gasteiger charge is 2.23. The fourth-order valence-corrected chi connectivity index (χ4v) is 2.70. The molecule has 0 unspecified atom stereocenters. The third-order valence-corrected chi connectivity index (χ3v) is 4.57. The molecule has 1 aromatic heterocycles. The first-order valence-corrected chi connectivity index (χ1v) is 7.47. The number of carbonyl (C=O) groups excluding carboxylic acids is 1. The zero-order valence-electron chi connectivity index (χ0n) is 11.2. The molecule has 0 bridgehead atoms. The van der Waals surface area contributed by atoms with Gasteiger partial charge in [-0.3, -0.25) is 4.79 Å². The van der Waals surface area contributed by atoms with E-state index in [9.17, 15) is 4.79 Å². The monoisotopic (exact) mass is 266 g/mol. The number of hydrogen-bond acceptors (Lipinski definition) is 3. The Morgan fingerprint density at radius 2 is 2.28 bits per heavy atom. The molecule has 1 amide bonds. The van der Waals surface area contributed by atoms with Gasteiger partial charge >= 0.3 is 0 Å². The van der Waals surface area contributed by atoms with Gasteiger partial charge in [0.25, 0.3) is 0 Å². The Balaban J connectivity index is 1.67. The number of amides is 1. The van der Waals surface area contributed by atoms with Gasteiger partial charge in [-0.25, -0.2) is 0 Å². The first-order chi connectivity index (χ1) is 8.58. The summed E-state index contributed by atoms with van der Waals surface area (Å²) in [4.78, 5) is 13.0. The zero-order valence-corrected chi connectivity index (χ0v) is 12.0. The number of rotatable bonds is 7. The molecule has 1 heterocycles. The molecule has 0 radical (unpaired) electrons. The first kappa shape index (κ1) is 13.6. The highest BCUT2D eigenvalue weighted by Crippen LogP contribution is 2.27. The molecule has 0 aromatic carbocycles. The molecule has 3 nitrogen and oxygen atoms in total. The Bertz CT molecular complexity index is 383. The van der Waals surface area contributed by atoms with E-state index in [2.05, 4.69) is 42.0 Å². The maximum atomic E-state index is 11.7. The Labute approximate surface area is 113 Å². The number of hydrogen-bond donors (Lipinski definition) is 2. The topological polar surface area (TPSA) is 41.1 Å². The lowest BCUT2D eigenvalue weighted by atomic mass is 9.91. The van der Waals surface area contributed by atoms with Crippen LogP contribution in [0.3, 0.4) is 0 Å². The third-order valence-electron chi connectivity index (χ3n) is 3.33. The summed E-state index contributed by atoms with van der Waals surface area (Å²) in [5.41, 5.74) is 0.0142. The van der Waals surface area contributed by atoms with Gasteiger partial charge in [0.15, 0.2) is 0 Å². The number of carbonyl (C=O) groups is 1. The summed E-state index contributed by atoms with van der Waals surface area (Å²) in [5.74, 6) is 0.917. The van der Waals surface area contributed by atoms with Crippen LogP contribution in [-0.4, -0.2) is 25.5 Å². The van der Waals surface area contributed by atoms with E-state index in [1.807, 2.05) is 0 Å². The average molecular weight is 266 g/mol. The molecular formula is C14H22N2OS. The SMILES string of the molecule is CC(C)(CNC(=O)CNCC1CC1)c1cccs1. The summed E-state index contributed by atoms with van der Waals surface area (Å²) in [6, 6.07) is 4.18. The molecule has 0 spiro atoms. The van der Waals surface area contributed by atoms with Crippen LogP contribution >= 0.6 is 11.3 Å². The molecule has 0 atom stereocenters. The van der Waals surface area contributed by atoms with E-state index in [1.54, 1.807) is 11.3 Å². The first-order valence-electron chi connectivity index (χ1n) is 6.59. The predicted molar refractivity (Wildman–Crippen MR) is 75.9 cm³/mol. The summed E-state index contributed by atoms with van der Waals surface area (Å²) in [5, 5.41) is 8.30. The van der Waals surface area contributed by atoms with Crippen molar-refractivity contribution in [2.45, 2.75) is 32.1 Å². The molecule has 0 aliphatic heterocycles. The standard InChI is InChI=1S/C14H22N2OS/c1-14(2,12-4-3-7-18-12)10-16-13(17)9-15-8-11-5-6-11/h3-4,7,11,15H,5-6,8-10H2,1-2H3,(H,16,17). The summed E-state index contributed by atoms with van der Waals surface area (Å²) in [7, 11) is 0. The van der Waals surface area contributed by atoms with E-state index < -0.39 is 0 Å². The van der Waals surface area contributed by atoms with Crippen LogP contribution in [0.15, 0.2) is 17.5 Å². The molecule has 4 heteroatoms. The molecule has 1 aliphatic carbocycles. The average Bonchev–Trinajstić information content (AvgIpc) is 2.96. The van der Waals surface area contributed by atoms with Crippen LogP contribution in [0, 0.1) is 5.92 Å². The van der Waals surface area contributed by atoms with Gasteiger partial charge in [0, 0.05) is 16.8 Å². The molecule has 0 saturated heterocycles. The van der Waals surface area contributed by atoms with E-state index in [1.165, 1.54) is 17.7 Å². The Morgan fingerprint density at radius 1 is 1.50 bits per heavy atom. The summed E-state index contributed by atoms with van der Waals surface area (Å²) >= 11 is 1.74. The summed E-state index contributed by atoms with van der Waals surface area (Å²) < 4.78 is 0. The number of thiophene rings is 1. The third kappa shape index (κ3) is 4.10. The van der Waals surface area contributed by atoms with Crippen LogP contribution in [0.5, 0.6) is 0 Å². The maximum Gasteiger partial charge on any atom is 0.233 e. The van der Waals surface area contributed by atoms with E-state index in [0.717, 1.165) is 12.5 Å². The van der Waals surface area contributed by atoms with Crippen LogP contribution in [0.1, 0.15) is 31.6 Å². The minimum Gasteiger partial charge on any atom is -0.354 e. The molecule has 2 rings (SSSR count). The van der Waals surface area contributed by atoms with Gasteiger partial charge in [0.1, 0.15) is 0 Å². The van der Waals surface area contributed by atoms with E-state index in [4.69, 9.17) is 0 Å². The van der Waals surface area contributed by atoms with Gasteiger partial charge < -0.3 is 10.6 Å². The second kappa shape index (κ2) is 5.85. The van der Waals surface area contributed by atoms with E-state index in [-0.39, 0.29) is 11.3 Å². The molecule has 100 valence electrons. The van der Waals surface area contributed by atoms with Crippen molar-refractivity contribution in [2.24, 2.45) is 5.92 Å². The molecule has 1 fully saturated rings. The summed E-state index contributed by atoms with van der Waals surface area (Å²) in [6.45, 7) is 6.45. The van der Waals surface area contributed by atoms with Gasteiger partial charge in [0.05, 0.1) is 6.54 Å². The maximum absolute atomic E-state index is 11.7. The summed E-state index contributed by atoms with van der Waals surface area (Å²) in [6.07, 6.45) is 2.64. The fourth-order valence-electron chi connectivity index (χ4n) is 1.84. The van der Waals surface area contributed by atoms with Crippen LogP contribution in [0.2, 0.25) is 0 Å². The Kier molecular flexibility index (Phi) is 4.40. The van der Waals surface area contributed by atoms with Crippen molar-refractivity contribution in [3.05, 3.63) is 22.4 Å². The minimum absolute atomic E-state index is 0.0142. The normalized spacial score (nSPS) is 15.7. The van der Waals surface area contributed by atoms with Crippen molar-refractivity contribution in [2.75, 3.05) is 19.6 Å². The quantitative estimate of drug-likeness (QED) is 0.794. The van der Waals surface area contributed by atoms with E-state index >= 15 is 0 Å². The van der Waals surface area contributed by atoms with Gasteiger partial charge in [-0.05, 0) is 36.8 Å². The molecule has 18 heavy (non-hydrogen) atoms.